The molecule has 16 heavy (non-hydrogen) atoms. The fourth-order valence-corrected chi connectivity index (χ4v) is 1.83. The number of ether oxygens (including phenoxy) is 1. The summed E-state index contributed by atoms with van der Waals surface area (Å²) in [6.45, 7) is 5.58. The van der Waals surface area contributed by atoms with Gasteiger partial charge < -0.3 is 15.4 Å². The van der Waals surface area contributed by atoms with Crippen LogP contribution in [0.15, 0.2) is 6.07 Å². The quantitative estimate of drug-likeness (QED) is 0.810. The zero-order chi connectivity index (χ0) is 11.6. The highest BCUT2D eigenvalue weighted by Crippen LogP contribution is 2.23. The van der Waals surface area contributed by atoms with Crippen LogP contribution in [-0.2, 0) is 4.74 Å². The van der Waals surface area contributed by atoms with E-state index in [9.17, 15) is 0 Å². The first-order chi connectivity index (χ1) is 7.61. The summed E-state index contributed by atoms with van der Waals surface area (Å²) in [7, 11) is 1.85. The average molecular weight is 222 g/mol. The van der Waals surface area contributed by atoms with Crippen molar-refractivity contribution >= 4 is 11.6 Å². The Kier molecular flexibility index (Phi) is 2.96. The zero-order valence-corrected chi connectivity index (χ0v) is 10.0. The number of nitrogens with zero attached hydrogens (tertiary/aromatic N) is 2. The molecule has 5 nitrogen and oxygen atoms in total. The van der Waals surface area contributed by atoms with Gasteiger partial charge in [-0.2, -0.15) is 0 Å². The van der Waals surface area contributed by atoms with Crippen molar-refractivity contribution in [3.63, 3.8) is 0 Å². The maximum absolute atomic E-state index is 5.40. The lowest BCUT2D eigenvalue weighted by Crippen LogP contribution is -2.35. The molecule has 0 spiro atoms. The van der Waals surface area contributed by atoms with E-state index in [2.05, 4.69) is 27.5 Å². The molecule has 0 bridgehead atoms. The predicted molar refractivity (Wildman–Crippen MR) is 63.8 cm³/mol. The number of hydrogen-bond donors (Lipinski definition) is 2. The van der Waals surface area contributed by atoms with Crippen LogP contribution in [0.25, 0.3) is 0 Å². The maximum Gasteiger partial charge on any atom is 0.132 e. The minimum absolute atomic E-state index is 0.00813. The molecule has 2 rings (SSSR count). The summed E-state index contributed by atoms with van der Waals surface area (Å²) >= 11 is 0. The minimum atomic E-state index is -0.00813. The first-order valence-corrected chi connectivity index (χ1v) is 5.51. The van der Waals surface area contributed by atoms with Gasteiger partial charge in [-0.3, -0.25) is 0 Å². The van der Waals surface area contributed by atoms with Gasteiger partial charge in [0.15, 0.2) is 0 Å². The van der Waals surface area contributed by atoms with Crippen molar-refractivity contribution in [3.8, 4) is 0 Å². The van der Waals surface area contributed by atoms with Gasteiger partial charge in [0.25, 0.3) is 0 Å². The molecular weight excluding hydrogens is 204 g/mol. The third-order valence-corrected chi connectivity index (χ3v) is 2.74. The first kappa shape index (κ1) is 11.1. The van der Waals surface area contributed by atoms with E-state index in [4.69, 9.17) is 4.74 Å². The Hall–Kier alpha value is -1.36. The Morgan fingerprint density at radius 2 is 2.12 bits per heavy atom. The molecule has 0 aliphatic carbocycles. The van der Waals surface area contributed by atoms with Gasteiger partial charge in [0.2, 0.25) is 0 Å². The zero-order valence-electron chi connectivity index (χ0n) is 10.0. The number of aryl methyl sites for hydroxylation is 1. The molecule has 0 amide bonds. The van der Waals surface area contributed by atoms with Gasteiger partial charge in [-0.15, -0.1) is 0 Å². The molecule has 2 heterocycles. The molecule has 1 aromatic heterocycles. The summed E-state index contributed by atoms with van der Waals surface area (Å²) in [4.78, 5) is 8.63. The molecule has 0 radical (unpaired) electrons. The number of nitrogens with one attached hydrogen (secondary N) is 2. The van der Waals surface area contributed by atoms with Crippen LogP contribution in [0.3, 0.4) is 0 Å². The van der Waals surface area contributed by atoms with Crippen molar-refractivity contribution in [2.75, 3.05) is 30.9 Å². The fourth-order valence-electron chi connectivity index (χ4n) is 1.83. The Morgan fingerprint density at radius 3 is 2.75 bits per heavy atom. The summed E-state index contributed by atoms with van der Waals surface area (Å²) in [5.74, 6) is 2.44. The van der Waals surface area contributed by atoms with Gasteiger partial charge in [-0.25, -0.2) is 9.97 Å². The lowest BCUT2D eigenvalue weighted by molar-refractivity contribution is 0.185. The van der Waals surface area contributed by atoms with E-state index in [0.29, 0.717) is 0 Å². The smallest absolute Gasteiger partial charge is 0.132 e. The predicted octanol–water partition coefficient (Wildman–Crippen LogP) is 1.42. The SMILES string of the molecule is CNc1cc(NC2(C)CCOC2)nc(C)n1. The molecule has 1 aliphatic rings. The Labute approximate surface area is 95.6 Å². The van der Waals surface area contributed by atoms with Crippen molar-refractivity contribution < 1.29 is 4.74 Å². The molecule has 2 N–H and O–H groups in total. The molecule has 1 aromatic rings. The van der Waals surface area contributed by atoms with Gasteiger partial charge in [0.1, 0.15) is 17.5 Å². The molecule has 1 unspecified atom stereocenters. The van der Waals surface area contributed by atoms with Gasteiger partial charge in [0, 0.05) is 19.7 Å². The number of rotatable bonds is 3. The Morgan fingerprint density at radius 1 is 1.38 bits per heavy atom. The molecule has 1 fully saturated rings. The van der Waals surface area contributed by atoms with E-state index in [1.807, 2.05) is 20.0 Å². The Balaban J connectivity index is 2.17. The third kappa shape index (κ3) is 2.41. The molecule has 88 valence electrons. The standard InChI is InChI=1S/C11H18N4O/c1-8-13-9(12-3)6-10(14-8)15-11(2)4-5-16-7-11/h6H,4-5,7H2,1-3H3,(H2,12,13,14,15). The monoisotopic (exact) mass is 222 g/mol. The van der Waals surface area contributed by atoms with Gasteiger partial charge in [-0.05, 0) is 20.3 Å². The highest BCUT2D eigenvalue weighted by molar-refractivity contribution is 5.48. The molecule has 5 heteroatoms. The van der Waals surface area contributed by atoms with Crippen LogP contribution in [0.4, 0.5) is 11.6 Å². The van der Waals surface area contributed by atoms with Crippen LogP contribution in [0.1, 0.15) is 19.2 Å². The van der Waals surface area contributed by atoms with Crippen molar-refractivity contribution in [3.05, 3.63) is 11.9 Å². The third-order valence-electron chi connectivity index (χ3n) is 2.74. The first-order valence-electron chi connectivity index (χ1n) is 5.51. The van der Waals surface area contributed by atoms with E-state index >= 15 is 0 Å². The summed E-state index contributed by atoms with van der Waals surface area (Å²) in [5, 5.41) is 6.44. The summed E-state index contributed by atoms with van der Waals surface area (Å²) in [6.07, 6.45) is 1.00. The van der Waals surface area contributed by atoms with E-state index in [-0.39, 0.29) is 5.54 Å². The number of hydrogen-bond acceptors (Lipinski definition) is 5. The van der Waals surface area contributed by atoms with Crippen molar-refractivity contribution in [1.29, 1.82) is 0 Å². The molecule has 0 saturated carbocycles. The van der Waals surface area contributed by atoms with E-state index in [1.54, 1.807) is 0 Å². The van der Waals surface area contributed by atoms with E-state index < -0.39 is 0 Å². The summed E-state index contributed by atoms with van der Waals surface area (Å²) < 4.78 is 5.40. The fraction of sp³-hybridized carbons (Fsp3) is 0.636. The van der Waals surface area contributed by atoms with Crippen molar-refractivity contribution in [2.45, 2.75) is 25.8 Å². The number of anilines is 2. The van der Waals surface area contributed by atoms with Crippen LogP contribution in [0.5, 0.6) is 0 Å². The number of aromatic nitrogens is 2. The second-order valence-corrected chi connectivity index (χ2v) is 4.42. The van der Waals surface area contributed by atoms with Crippen LogP contribution >= 0.6 is 0 Å². The Bertz CT molecular complexity index is 374. The maximum atomic E-state index is 5.40. The van der Waals surface area contributed by atoms with Crippen molar-refractivity contribution in [1.82, 2.24) is 9.97 Å². The summed E-state index contributed by atoms with van der Waals surface area (Å²) in [6, 6.07) is 1.91. The van der Waals surface area contributed by atoms with Gasteiger partial charge in [-0.1, -0.05) is 0 Å². The van der Waals surface area contributed by atoms with Crippen LogP contribution < -0.4 is 10.6 Å². The van der Waals surface area contributed by atoms with Crippen LogP contribution in [0.2, 0.25) is 0 Å². The second-order valence-electron chi connectivity index (χ2n) is 4.42. The highest BCUT2D eigenvalue weighted by Gasteiger charge is 2.29. The molecule has 1 atom stereocenters. The van der Waals surface area contributed by atoms with Gasteiger partial charge >= 0.3 is 0 Å². The highest BCUT2D eigenvalue weighted by atomic mass is 16.5. The molecule has 1 aliphatic heterocycles. The van der Waals surface area contributed by atoms with E-state index in [0.717, 1.165) is 37.1 Å². The average Bonchev–Trinajstić information content (AvgIpc) is 2.63. The van der Waals surface area contributed by atoms with Crippen LogP contribution in [-0.4, -0.2) is 35.8 Å². The normalized spacial score (nSPS) is 24.4. The largest absolute Gasteiger partial charge is 0.379 e. The second kappa shape index (κ2) is 4.25. The van der Waals surface area contributed by atoms with Crippen LogP contribution in [0, 0.1) is 6.92 Å². The molecular formula is C11H18N4O. The molecule has 1 saturated heterocycles. The van der Waals surface area contributed by atoms with E-state index in [1.165, 1.54) is 0 Å². The lowest BCUT2D eigenvalue weighted by Gasteiger charge is -2.24. The lowest BCUT2D eigenvalue weighted by atomic mass is 10.0. The van der Waals surface area contributed by atoms with Gasteiger partial charge in [0.05, 0.1) is 12.1 Å². The van der Waals surface area contributed by atoms with Crippen molar-refractivity contribution in [2.24, 2.45) is 0 Å². The molecule has 0 aromatic carbocycles. The minimum Gasteiger partial charge on any atom is -0.379 e. The summed E-state index contributed by atoms with van der Waals surface area (Å²) in [5.41, 5.74) is -0.00813. The topological polar surface area (TPSA) is 59.1 Å².